The highest BCUT2D eigenvalue weighted by atomic mass is 35.5. The number of carbonyl (C=O) groups is 1. The second-order valence-electron chi connectivity index (χ2n) is 7.21. The van der Waals surface area contributed by atoms with Gasteiger partial charge in [0, 0.05) is 27.0 Å². The first-order valence-electron chi connectivity index (χ1n) is 9.88. The van der Waals surface area contributed by atoms with Crippen LogP contribution in [0.4, 0.5) is 5.69 Å². The summed E-state index contributed by atoms with van der Waals surface area (Å²) in [5.41, 5.74) is 4.72. The highest BCUT2D eigenvalue weighted by Crippen LogP contribution is 2.29. The molecule has 8 heteroatoms. The number of hydrogen-bond acceptors (Lipinski definition) is 4. The molecule has 4 aromatic rings. The lowest BCUT2D eigenvalue weighted by Crippen LogP contribution is -2.15. The zero-order valence-corrected chi connectivity index (χ0v) is 19.8. The highest BCUT2D eigenvalue weighted by Gasteiger charge is 2.18. The van der Waals surface area contributed by atoms with Gasteiger partial charge in [-0.25, -0.2) is 0 Å². The van der Waals surface area contributed by atoms with Crippen molar-refractivity contribution < 1.29 is 4.79 Å². The van der Waals surface area contributed by atoms with E-state index in [0.717, 1.165) is 28.1 Å². The minimum Gasteiger partial charge on any atom is -0.325 e. The van der Waals surface area contributed by atoms with Crippen molar-refractivity contribution in [3.05, 3.63) is 87.9 Å². The molecule has 0 aliphatic carbocycles. The Morgan fingerprint density at radius 1 is 0.938 bits per heavy atom. The van der Waals surface area contributed by atoms with Crippen molar-refractivity contribution in [1.82, 2.24) is 14.8 Å². The fourth-order valence-corrected chi connectivity index (χ4v) is 4.18. The van der Waals surface area contributed by atoms with Crippen molar-refractivity contribution in [2.75, 3.05) is 11.1 Å². The van der Waals surface area contributed by atoms with Crippen LogP contribution in [-0.4, -0.2) is 26.4 Å². The van der Waals surface area contributed by atoms with Crippen LogP contribution in [0.5, 0.6) is 0 Å². The third kappa shape index (κ3) is 4.99. The van der Waals surface area contributed by atoms with E-state index in [1.165, 1.54) is 11.8 Å². The van der Waals surface area contributed by atoms with Crippen molar-refractivity contribution in [3.63, 3.8) is 0 Å². The van der Waals surface area contributed by atoms with E-state index >= 15 is 0 Å². The summed E-state index contributed by atoms with van der Waals surface area (Å²) in [5, 5.41) is 13.6. The molecular weight excluding hydrogens is 463 g/mol. The Morgan fingerprint density at radius 2 is 1.59 bits per heavy atom. The molecule has 0 saturated heterocycles. The number of thioether (sulfide) groups is 1. The van der Waals surface area contributed by atoms with Crippen molar-refractivity contribution in [2.24, 2.45) is 0 Å². The Bertz CT molecular complexity index is 1250. The number of carbonyl (C=O) groups excluding carboxylic acids is 1. The number of hydrogen-bond donors (Lipinski definition) is 1. The van der Waals surface area contributed by atoms with Gasteiger partial charge < -0.3 is 5.32 Å². The Labute approximate surface area is 200 Å². The van der Waals surface area contributed by atoms with Crippen molar-refractivity contribution in [1.29, 1.82) is 0 Å². The van der Waals surface area contributed by atoms with Crippen LogP contribution in [0.15, 0.2) is 71.9 Å². The fraction of sp³-hybridized carbons (Fsp3) is 0.125. The van der Waals surface area contributed by atoms with Crippen LogP contribution in [0.3, 0.4) is 0 Å². The molecule has 0 fully saturated rings. The maximum absolute atomic E-state index is 12.6. The van der Waals surface area contributed by atoms with Crippen LogP contribution in [0.1, 0.15) is 11.1 Å². The van der Waals surface area contributed by atoms with E-state index in [-0.39, 0.29) is 11.7 Å². The second kappa shape index (κ2) is 9.77. The number of halogens is 2. The Balaban J connectivity index is 1.60. The van der Waals surface area contributed by atoms with Gasteiger partial charge in [-0.15, -0.1) is 10.2 Å². The molecular formula is C24H20Cl2N4OS. The molecule has 0 atom stereocenters. The lowest BCUT2D eigenvalue weighted by molar-refractivity contribution is -0.113. The molecule has 5 nitrogen and oxygen atoms in total. The number of nitrogens with one attached hydrogen (secondary N) is 1. The van der Waals surface area contributed by atoms with E-state index in [9.17, 15) is 4.79 Å². The third-order valence-electron chi connectivity index (χ3n) is 5.03. The quantitative estimate of drug-likeness (QED) is 0.315. The summed E-state index contributed by atoms with van der Waals surface area (Å²) >= 11 is 13.4. The monoisotopic (exact) mass is 482 g/mol. The number of aromatic nitrogens is 3. The molecule has 0 unspecified atom stereocenters. The molecule has 1 amide bonds. The highest BCUT2D eigenvalue weighted by molar-refractivity contribution is 7.99. The Morgan fingerprint density at radius 3 is 2.28 bits per heavy atom. The third-order valence-corrected chi connectivity index (χ3v) is 6.46. The molecule has 0 spiro atoms. The number of anilines is 1. The standard InChI is InChI=1S/C24H20Cl2N4OS/c1-15-4-3-5-21(16(15)2)27-22(31)14-32-24-29-28-23(17-6-8-18(25)9-7-17)30(24)20-12-10-19(26)11-13-20/h3-13H,14H2,1-2H3,(H,27,31). The summed E-state index contributed by atoms with van der Waals surface area (Å²) in [6, 6.07) is 20.7. The van der Waals surface area contributed by atoms with Crippen LogP contribution >= 0.6 is 35.0 Å². The van der Waals surface area contributed by atoms with E-state index in [4.69, 9.17) is 23.2 Å². The molecule has 0 radical (unpaired) electrons. The molecule has 3 aromatic carbocycles. The maximum atomic E-state index is 12.6. The first kappa shape index (κ1) is 22.4. The summed E-state index contributed by atoms with van der Waals surface area (Å²) in [7, 11) is 0. The van der Waals surface area contributed by atoms with Gasteiger partial charge in [-0.2, -0.15) is 0 Å². The molecule has 1 heterocycles. The van der Waals surface area contributed by atoms with Crippen LogP contribution in [0.2, 0.25) is 10.0 Å². The van der Waals surface area contributed by atoms with Gasteiger partial charge in [0.05, 0.1) is 5.75 Å². The normalized spacial score (nSPS) is 10.9. The number of nitrogens with zero attached hydrogens (tertiary/aromatic N) is 3. The molecule has 1 N–H and O–H groups in total. The van der Waals surface area contributed by atoms with E-state index in [0.29, 0.717) is 21.0 Å². The summed E-state index contributed by atoms with van der Waals surface area (Å²) < 4.78 is 1.91. The zero-order chi connectivity index (χ0) is 22.7. The van der Waals surface area contributed by atoms with Crippen LogP contribution in [0, 0.1) is 13.8 Å². The van der Waals surface area contributed by atoms with Gasteiger partial charge in [0.25, 0.3) is 0 Å². The summed E-state index contributed by atoms with van der Waals surface area (Å²) in [6.07, 6.45) is 0. The van der Waals surface area contributed by atoms with Crippen molar-refractivity contribution in [3.8, 4) is 17.1 Å². The smallest absolute Gasteiger partial charge is 0.234 e. The topological polar surface area (TPSA) is 59.8 Å². The van der Waals surface area contributed by atoms with Gasteiger partial charge in [0.2, 0.25) is 5.91 Å². The first-order chi connectivity index (χ1) is 15.4. The first-order valence-corrected chi connectivity index (χ1v) is 11.6. The molecule has 0 bridgehead atoms. The summed E-state index contributed by atoms with van der Waals surface area (Å²) in [6.45, 7) is 4.01. The summed E-state index contributed by atoms with van der Waals surface area (Å²) in [5.74, 6) is 0.739. The number of benzene rings is 3. The predicted molar refractivity (Wildman–Crippen MR) is 132 cm³/mol. The largest absolute Gasteiger partial charge is 0.325 e. The maximum Gasteiger partial charge on any atom is 0.234 e. The van der Waals surface area contributed by atoms with Gasteiger partial charge in [0.15, 0.2) is 11.0 Å². The molecule has 0 aliphatic heterocycles. The Hall–Kier alpha value is -2.80. The lowest BCUT2D eigenvalue weighted by atomic mass is 10.1. The average Bonchev–Trinajstić information content (AvgIpc) is 3.20. The fourth-order valence-electron chi connectivity index (χ4n) is 3.18. The van der Waals surface area contributed by atoms with E-state index in [1.54, 1.807) is 0 Å². The van der Waals surface area contributed by atoms with E-state index in [2.05, 4.69) is 15.5 Å². The molecule has 162 valence electrons. The average molecular weight is 483 g/mol. The van der Waals surface area contributed by atoms with Gasteiger partial charge in [0.1, 0.15) is 0 Å². The summed E-state index contributed by atoms with van der Waals surface area (Å²) in [4.78, 5) is 12.6. The van der Waals surface area contributed by atoms with Crippen molar-refractivity contribution in [2.45, 2.75) is 19.0 Å². The number of rotatable bonds is 6. The minimum atomic E-state index is -0.109. The SMILES string of the molecule is Cc1cccc(NC(=O)CSc2nnc(-c3ccc(Cl)cc3)n2-c2ccc(Cl)cc2)c1C. The van der Waals surface area contributed by atoms with Crippen LogP contribution in [-0.2, 0) is 4.79 Å². The van der Waals surface area contributed by atoms with Crippen LogP contribution in [0.25, 0.3) is 17.1 Å². The van der Waals surface area contributed by atoms with Gasteiger partial charge in [-0.1, -0.05) is 47.1 Å². The molecule has 32 heavy (non-hydrogen) atoms. The lowest BCUT2D eigenvalue weighted by Gasteiger charge is -2.12. The molecule has 4 rings (SSSR count). The minimum absolute atomic E-state index is 0.109. The number of amides is 1. The second-order valence-corrected chi connectivity index (χ2v) is 9.02. The molecule has 0 saturated carbocycles. The molecule has 1 aromatic heterocycles. The van der Waals surface area contributed by atoms with Crippen LogP contribution < -0.4 is 5.32 Å². The van der Waals surface area contributed by atoms with E-state index < -0.39 is 0 Å². The van der Waals surface area contributed by atoms with Gasteiger partial charge in [-0.3, -0.25) is 9.36 Å². The predicted octanol–water partition coefficient (Wildman–Crippen LogP) is 6.59. The van der Waals surface area contributed by atoms with Crippen molar-refractivity contribution >= 4 is 46.6 Å². The van der Waals surface area contributed by atoms with Gasteiger partial charge >= 0.3 is 0 Å². The van der Waals surface area contributed by atoms with E-state index in [1.807, 2.05) is 85.1 Å². The van der Waals surface area contributed by atoms with Gasteiger partial charge in [-0.05, 0) is 79.6 Å². The number of aryl methyl sites for hydroxylation is 1. The zero-order valence-electron chi connectivity index (χ0n) is 17.5. The Kier molecular flexibility index (Phi) is 6.84. The molecule has 0 aliphatic rings.